The molecule has 5 nitrogen and oxygen atoms in total. The first kappa shape index (κ1) is 33.4. The third kappa shape index (κ3) is 5.94. The Kier molecular flexibility index (Phi) is 8.07. The van der Waals surface area contributed by atoms with Gasteiger partial charge in [0.05, 0.1) is 5.69 Å². The Labute approximate surface area is 335 Å². The summed E-state index contributed by atoms with van der Waals surface area (Å²) in [6.45, 7) is 0. The second-order valence-electron chi connectivity index (χ2n) is 14.4. The Balaban J connectivity index is 0.971. The number of para-hydroxylation sites is 5. The van der Waals surface area contributed by atoms with Crippen molar-refractivity contribution in [2.45, 2.75) is 0 Å². The average Bonchev–Trinajstić information content (AvgIpc) is 3.88. The molecular weight excluding hydrogens is 711 g/mol. The molecule has 0 unspecified atom stereocenters. The fourth-order valence-corrected chi connectivity index (χ4v) is 8.07. The predicted molar refractivity (Wildman–Crippen MR) is 239 cm³/mol. The summed E-state index contributed by atoms with van der Waals surface area (Å²) in [7, 11) is 0. The molecule has 9 aromatic carbocycles. The molecule has 0 fully saturated rings. The normalized spacial score (nSPS) is 11.4. The third-order valence-corrected chi connectivity index (χ3v) is 10.9. The predicted octanol–water partition coefficient (Wildman–Crippen LogP) is 15.2. The van der Waals surface area contributed by atoms with Crippen LogP contribution in [0.2, 0.25) is 0 Å². The molecular formula is C53H35N3O2. The molecule has 0 saturated heterocycles. The van der Waals surface area contributed by atoms with Gasteiger partial charge in [-0.05, 0) is 119 Å². The van der Waals surface area contributed by atoms with Gasteiger partial charge in [-0.25, -0.2) is 4.98 Å². The van der Waals surface area contributed by atoms with Crippen LogP contribution in [-0.2, 0) is 0 Å². The van der Waals surface area contributed by atoms with Gasteiger partial charge in [0.1, 0.15) is 16.7 Å². The number of hydrogen-bond acceptors (Lipinski definition) is 5. The Morgan fingerprint density at radius 2 is 0.897 bits per heavy atom. The summed E-state index contributed by atoms with van der Waals surface area (Å²) >= 11 is 0. The molecule has 0 radical (unpaired) electrons. The van der Waals surface area contributed by atoms with Crippen molar-refractivity contribution in [2.24, 2.45) is 0 Å². The minimum absolute atomic E-state index is 0.607. The van der Waals surface area contributed by atoms with Crippen LogP contribution in [0.5, 0.6) is 0 Å². The molecule has 0 atom stereocenters. The summed E-state index contributed by atoms with van der Waals surface area (Å²) in [4.78, 5) is 9.32. The summed E-state index contributed by atoms with van der Waals surface area (Å²) in [5.74, 6) is 0.607. The van der Waals surface area contributed by atoms with E-state index in [1.807, 2.05) is 24.3 Å². The SMILES string of the molecule is c1ccc(N(c2ccc(-c3ccccc3N(c3ccccc3)c3ccc(-c4nc5ccccc5o4)cc3)cc2)c2ccc3c(c2)oc2cc4ccccc4cc23)cc1. The zero-order chi connectivity index (χ0) is 38.4. The monoisotopic (exact) mass is 745 g/mol. The maximum absolute atomic E-state index is 6.51. The second-order valence-corrected chi connectivity index (χ2v) is 14.4. The van der Waals surface area contributed by atoms with Crippen LogP contribution in [0.25, 0.3) is 66.4 Å². The molecule has 0 N–H and O–H groups in total. The van der Waals surface area contributed by atoms with E-state index in [0.29, 0.717) is 5.89 Å². The first-order valence-corrected chi connectivity index (χ1v) is 19.4. The van der Waals surface area contributed by atoms with Gasteiger partial charge in [-0.1, -0.05) is 103 Å². The van der Waals surface area contributed by atoms with Gasteiger partial charge >= 0.3 is 0 Å². The third-order valence-electron chi connectivity index (χ3n) is 10.9. The Morgan fingerprint density at radius 1 is 0.345 bits per heavy atom. The van der Waals surface area contributed by atoms with Crippen LogP contribution < -0.4 is 9.80 Å². The minimum atomic E-state index is 0.607. The smallest absolute Gasteiger partial charge is 0.227 e. The number of oxazole rings is 1. The minimum Gasteiger partial charge on any atom is -0.456 e. The number of benzene rings is 9. The van der Waals surface area contributed by atoms with E-state index in [4.69, 9.17) is 13.8 Å². The molecule has 0 aliphatic rings. The van der Waals surface area contributed by atoms with E-state index in [9.17, 15) is 0 Å². The lowest BCUT2D eigenvalue weighted by Crippen LogP contribution is -2.11. The van der Waals surface area contributed by atoms with Gasteiger partial charge in [0.2, 0.25) is 5.89 Å². The number of fused-ring (bicyclic) bond motifs is 5. The van der Waals surface area contributed by atoms with E-state index in [0.717, 1.165) is 83.9 Å². The number of furan rings is 1. The maximum Gasteiger partial charge on any atom is 0.227 e. The Morgan fingerprint density at radius 3 is 1.64 bits per heavy atom. The summed E-state index contributed by atoms with van der Waals surface area (Å²) in [5.41, 5.74) is 12.8. The molecule has 274 valence electrons. The van der Waals surface area contributed by atoms with Crippen molar-refractivity contribution in [1.29, 1.82) is 0 Å². The highest BCUT2D eigenvalue weighted by atomic mass is 16.3. The van der Waals surface area contributed by atoms with Crippen molar-refractivity contribution in [3.05, 3.63) is 212 Å². The fraction of sp³-hybridized carbons (Fsp3) is 0. The van der Waals surface area contributed by atoms with Crippen LogP contribution in [-0.4, -0.2) is 4.98 Å². The molecule has 58 heavy (non-hydrogen) atoms. The number of rotatable bonds is 8. The lowest BCUT2D eigenvalue weighted by molar-refractivity contribution is 0.620. The molecule has 11 aromatic rings. The molecule has 2 aromatic heterocycles. The molecule has 11 rings (SSSR count). The largest absolute Gasteiger partial charge is 0.456 e. The van der Waals surface area contributed by atoms with Crippen molar-refractivity contribution < 1.29 is 8.83 Å². The molecule has 5 heteroatoms. The average molecular weight is 746 g/mol. The van der Waals surface area contributed by atoms with Crippen molar-refractivity contribution in [3.8, 4) is 22.6 Å². The van der Waals surface area contributed by atoms with E-state index in [1.54, 1.807) is 0 Å². The van der Waals surface area contributed by atoms with Crippen LogP contribution in [0.15, 0.2) is 221 Å². The van der Waals surface area contributed by atoms with Gasteiger partial charge in [0, 0.05) is 56.4 Å². The summed E-state index contributed by atoms with van der Waals surface area (Å²) < 4.78 is 12.6. The van der Waals surface area contributed by atoms with Crippen LogP contribution in [0.4, 0.5) is 34.1 Å². The highest BCUT2D eigenvalue weighted by Gasteiger charge is 2.20. The zero-order valence-electron chi connectivity index (χ0n) is 31.4. The van der Waals surface area contributed by atoms with Crippen molar-refractivity contribution in [2.75, 3.05) is 9.80 Å². The van der Waals surface area contributed by atoms with Gasteiger partial charge in [0.15, 0.2) is 5.58 Å². The molecule has 0 aliphatic heterocycles. The molecule has 0 aliphatic carbocycles. The summed E-state index contributed by atoms with van der Waals surface area (Å²) in [6.07, 6.45) is 0. The first-order valence-electron chi connectivity index (χ1n) is 19.4. The summed E-state index contributed by atoms with van der Waals surface area (Å²) in [6, 6.07) is 74.1. The molecule has 0 bridgehead atoms. The van der Waals surface area contributed by atoms with Gasteiger partial charge in [-0.2, -0.15) is 0 Å². The molecule has 2 heterocycles. The van der Waals surface area contributed by atoms with E-state index < -0.39 is 0 Å². The Bertz CT molecular complexity index is 3190. The number of aromatic nitrogens is 1. The molecule has 0 amide bonds. The van der Waals surface area contributed by atoms with Gasteiger partial charge in [-0.15, -0.1) is 0 Å². The lowest BCUT2D eigenvalue weighted by Gasteiger charge is -2.28. The molecule has 0 saturated carbocycles. The van der Waals surface area contributed by atoms with E-state index in [1.165, 1.54) is 10.8 Å². The quantitative estimate of drug-likeness (QED) is 0.155. The van der Waals surface area contributed by atoms with Crippen molar-refractivity contribution >= 4 is 77.9 Å². The standard InChI is InChI=1S/C53H35N3O2/c1-3-15-40(16-4-1)55(44-31-32-46-47-33-38-13-7-8-14-39(38)34-51(47)57-52(46)35-44)42-27-23-36(24-28-42)45-19-9-11-21-49(45)56(41-17-5-2-6-18-41)43-29-25-37(26-30-43)53-54-48-20-10-12-22-50(48)58-53/h1-35H. The van der Waals surface area contributed by atoms with Gasteiger partial charge < -0.3 is 18.6 Å². The maximum atomic E-state index is 6.51. The topological polar surface area (TPSA) is 45.7 Å². The number of nitrogens with zero attached hydrogens (tertiary/aromatic N) is 3. The van der Waals surface area contributed by atoms with Crippen LogP contribution in [0, 0.1) is 0 Å². The fourth-order valence-electron chi connectivity index (χ4n) is 8.07. The van der Waals surface area contributed by atoms with Crippen LogP contribution in [0.1, 0.15) is 0 Å². The summed E-state index contributed by atoms with van der Waals surface area (Å²) in [5, 5.41) is 4.60. The highest BCUT2D eigenvalue weighted by molar-refractivity contribution is 6.11. The Hall–Kier alpha value is -7.89. The zero-order valence-corrected chi connectivity index (χ0v) is 31.4. The highest BCUT2D eigenvalue weighted by Crippen LogP contribution is 2.43. The second kappa shape index (κ2) is 14.0. The van der Waals surface area contributed by atoms with Crippen molar-refractivity contribution in [3.63, 3.8) is 0 Å². The van der Waals surface area contributed by atoms with Crippen molar-refractivity contribution in [1.82, 2.24) is 4.98 Å². The van der Waals surface area contributed by atoms with E-state index in [2.05, 4.69) is 198 Å². The lowest BCUT2D eigenvalue weighted by atomic mass is 10.0. The number of anilines is 6. The molecule has 0 spiro atoms. The van der Waals surface area contributed by atoms with E-state index in [-0.39, 0.29) is 0 Å². The van der Waals surface area contributed by atoms with E-state index >= 15 is 0 Å². The van der Waals surface area contributed by atoms with Crippen LogP contribution >= 0.6 is 0 Å². The van der Waals surface area contributed by atoms with Gasteiger partial charge in [0.25, 0.3) is 0 Å². The number of hydrogen-bond donors (Lipinski definition) is 0. The van der Waals surface area contributed by atoms with Crippen LogP contribution in [0.3, 0.4) is 0 Å². The first-order chi connectivity index (χ1) is 28.7. The van der Waals surface area contributed by atoms with Gasteiger partial charge in [-0.3, -0.25) is 0 Å².